The molecule has 0 aliphatic rings. The first-order chi connectivity index (χ1) is 17.9. The normalized spacial score (nSPS) is 11.8. The van der Waals surface area contributed by atoms with Crippen LogP contribution >= 0.6 is 0 Å². The summed E-state index contributed by atoms with van der Waals surface area (Å²) in [5, 5.41) is 23.5. The minimum absolute atomic E-state index is 0.0566. The minimum atomic E-state index is -1.42. The number of hydrogen-bond donors (Lipinski definition) is 9. The Bertz CT molecular complexity index is 719. The summed E-state index contributed by atoms with van der Waals surface area (Å²) in [7, 11) is 3.75. The molecule has 0 saturated heterocycles. The predicted octanol–water partition coefficient (Wildman–Crippen LogP) is -4.64. The van der Waals surface area contributed by atoms with Crippen molar-refractivity contribution in [3.63, 3.8) is 0 Å². The first kappa shape index (κ1) is 38.9. The van der Waals surface area contributed by atoms with Gasteiger partial charge in [-0.15, -0.1) is 0 Å². The summed E-state index contributed by atoms with van der Waals surface area (Å²) >= 11 is 0. The summed E-state index contributed by atoms with van der Waals surface area (Å²) in [4.78, 5) is 78.8. The van der Waals surface area contributed by atoms with Gasteiger partial charge in [0.15, 0.2) is 0 Å². The fourth-order valence-electron chi connectivity index (χ4n) is 2.23. The van der Waals surface area contributed by atoms with Gasteiger partial charge in [0.05, 0.1) is 31.7 Å². The van der Waals surface area contributed by atoms with Crippen LogP contribution in [0.3, 0.4) is 0 Å². The summed E-state index contributed by atoms with van der Waals surface area (Å²) < 4.78 is 0. The van der Waals surface area contributed by atoms with Gasteiger partial charge >= 0.3 is 0 Å². The van der Waals surface area contributed by atoms with Crippen molar-refractivity contribution in [2.75, 3.05) is 40.3 Å². The number of rotatable bonds is 17. The molecule has 220 valence electrons. The number of carbonyl (C=O) groups excluding carboxylic acids is 7. The minimum Gasteiger partial charge on any atom is -0.391 e. The Morgan fingerprint density at radius 2 is 1.50 bits per heavy atom. The van der Waals surface area contributed by atoms with Crippen LogP contribution < -0.4 is 43.4 Å². The molecule has 0 aliphatic carbocycles. The van der Waals surface area contributed by atoms with Crippen LogP contribution in [0.1, 0.15) is 39.5 Å². The number of aldehydes is 1. The average molecular weight is 549 g/mol. The Morgan fingerprint density at radius 1 is 0.947 bits per heavy atom. The molecule has 0 bridgehead atoms. The molecule has 0 radical (unpaired) electrons. The second kappa shape index (κ2) is 26.4. The molecular formula is C22H44N8O8. The standard InChI is InChI=1S/C16H26N6O8.C4H11N.C2H7N/c1-9(25)15(22-14(29)5-19-12(27)2-3-18-8-24)16(30)20-6-13(28)21-10(7-23)4-11(17)26;1-2-3-4-5;1-3-2/h7-10,15,25H,2-6H2,1H3,(H2,17,26)(H,18,24)(H,19,27)(H,20,30)(H,21,28)(H,22,29);2-5H2,1H3;3H,1-2H3. The molecule has 16 heteroatoms. The van der Waals surface area contributed by atoms with Crippen molar-refractivity contribution < 1.29 is 38.7 Å². The third-order valence-electron chi connectivity index (χ3n) is 4.02. The van der Waals surface area contributed by atoms with E-state index in [0.717, 1.165) is 6.54 Å². The number of nitrogens with two attached hydrogens (primary N) is 2. The molecule has 38 heavy (non-hydrogen) atoms. The number of amides is 6. The molecule has 0 aromatic carbocycles. The van der Waals surface area contributed by atoms with Crippen LogP contribution in [-0.2, 0) is 33.6 Å². The van der Waals surface area contributed by atoms with Crippen LogP contribution in [0.5, 0.6) is 0 Å². The Morgan fingerprint density at radius 3 is 1.92 bits per heavy atom. The lowest BCUT2D eigenvalue weighted by Gasteiger charge is -2.21. The molecule has 0 heterocycles. The van der Waals surface area contributed by atoms with Gasteiger partial charge in [-0.1, -0.05) is 13.3 Å². The van der Waals surface area contributed by atoms with Crippen molar-refractivity contribution in [1.82, 2.24) is 31.9 Å². The number of aliphatic hydroxyl groups is 1. The molecule has 0 aromatic heterocycles. The van der Waals surface area contributed by atoms with Crippen LogP contribution in [0.15, 0.2) is 0 Å². The molecule has 0 fully saturated rings. The van der Waals surface area contributed by atoms with Gasteiger partial charge < -0.3 is 53.3 Å². The van der Waals surface area contributed by atoms with Gasteiger partial charge in [0.2, 0.25) is 35.9 Å². The van der Waals surface area contributed by atoms with E-state index in [9.17, 15) is 38.7 Å². The largest absolute Gasteiger partial charge is 0.391 e. The molecule has 3 atom stereocenters. The topological polar surface area (TPSA) is 264 Å². The van der Waals surface area contributed by atoms with E-state index in [1.807, 2.05) is 14.1 Å². The van der Waals surface area contributed by atoms with Crippen LogP contribution in [0, 0.1) is 0 Å². The van der Waals surface area contributed by atoms with Crippen LogP contribution in [-0.4, -0.2) is 106 Å². The zero-order valence-corrected chi connectivity index (χ0v) is 22.5. The molecule has 0 aromatic rings. The lowest BCUT2D eigenvalue weighted by atomic mass is 10.1. The van der Waals surface area contributed by atoms with E-state index in [1.165, 1.54) is 19.8 Å². The molecular weight excluding hydrogens is 504 g/mol. The Hall–Kier alpha value is -3.63. The Kier molecular flexibility index (Phi) is 27.1. The average Bonchev–Trinajstić information content (AvgIpc) is 2.85. The molecule has 3 unspecified atom stereocenters. The third-order valence-corrected chi connectivity index (χ3v) is 4.02. The fraction of sp³-hybridized carbons (Fsp3) is 0.682. The molecule has 0 rings (SSSR count). The monoisotopic (exact) mass is 548 g/mol. The smallest absolute Gasteiger partial charge is 0.245 e. The summed E-state index contributed by atoms with van der Waals surface area (Å²) in [5.41, 5.74) is 10.1. The van der Waals surface area contributed by atoms with Crippen LogP contribution in [0.2, 0.25) is 0 Å². The lowest BCUT2D eigenvalue weighted by molar-refractivity contribution is -0.133. The van der Waals surface area contributed by atoms with Crippen molar-refractivity contribution in [3.8, 4) is 0 Å². The second-order valence-corrected chi connectivity index (χ2v) is 7.73. The number of hydrogen-bond acceptors (Lipinski definition) is 10. The van der Waals surface area contributed by atoms with Gasteiger partial charge in [0.1, 0.15) is 12.3 Å². The van der Waals surface area contributed by atoms with E-state index in [0.29, 0.717) is 12.7 Å². The maximum atomic E-state index is 12.1. The maximum Gasteiger partial charge on any atom is 0.245 e. The lowest BCUT2D eigenvalue weighted by Crippen LogP contribution is -2.55. The Labute approximate surface area is 222 Å². The zero-order valence-electron chi connectivity index (χ0n) is 22.5. The first-order valence-corrected chi connectivity index (χ1v) is 11.9. The SMILES string of the molecule is CC(O)C(NC(=O)CNC(=O)CCNC=O)C(=O)NCC(=O)NC(C=O)CC(N)=O.CCCCN.CNC. The fourth-order valence-corrected chi connectivity index (χ4v) is 2.23. The molecule has 0 saturated carbocycles. The first-order valence-electron chi connectivity index (χ1n) is 11.9. The van der Waals surface area contributed by atoms with Crippen molar-refractivity contribution in [1.29, 1.82) is 0 Å². The highest BCUT2D eigenvalue weighted by Crippen LogP contribution is 1.94. The maximum absolute atomic E-state index is 12.1. The summed E-state index contributed by atoms with van der Waals surface area (Å²) in [6, 6.07) is -2.57. The third kappa shape index (κ3) is 25.5. The summed E-state index contributed by atoms with van der Waals surface area (Å²) in [6.07, 6.45) is 1.32. The number of primary amides is 1. The highest BCUT2D eigenvalue weighted by Gasteiger charge is 2.26. The van der Waals surface area contributed by atoms with E-state index < -0.39 is 67.2 Å². The van der Waals surface area contributed by atoms with Crippen LogP contribution in [0.25, 0.3) is 0 Å². The van der Waals surface area contributed by atoms with Gasteiger partial charge in [0.25, 0.3) is 0 Å². The molecule has 0 aliphatic heterocycles. The van der Waals surface area contributed by atoms with Gasteiger partial charge in [-0.2, -0.15) is 0 Å². The van der Waals surface area contributed by atoms with E-state index in [2.05, 4.69) is 38.8 Å². The van der Waals surface area contributed by atoms with Gasteiger partial charge in [-0.25, -0.2) is 0 Å². The zero-order chi connectivity index (χ0) is 29.9. The number of aliphatic hydroxyl groups excluding tert-OH is 1. The van der Waals surface area contributed by atoms with Crippen molar-refractivity contribution in [2.24, 2.45) is 11.5 Å². The summed E-state index contributed by atoms with van der Waals surface area (Å²) in [6.45, 7) is 3.21. The van der Waals surface area contributed by atoms with Crippen molar-refractivity contribution >= 4 is 42.2 Å². The van der Waals surface area contributed by atoms with Crippen molar-refractivity contribution in [3.05, 3.63) is 0 Å². The molecule has 16 nitrogen and oxygen atoms in total. The highest BCUT2D eigenvalue weighted by molar-refractivity contribution is 5.93. The molecule has 6 amide bonds. The van der Waals surface area contributed by atoms with E-state index in [-0.39, 0.29) is 13.0 Å². The molecule has 11 N–H and O–H groups in total. The van der Waals surface area contributed by atoms with Crippen molar-refractivity contribution in [2.45, 2.75) is 57.7 Å². The van der Waals surface area contributed by atoms with E-state index in [4.69, 9.17) is 11.5 Å². The number of nitrogens with one attached hydrogen (secondary N) is 6. The second-order valence-electron chi connectivity index (χ2n) is 7.73. The highest BCUT2D eigenvalue weighted by atomic mass is 16.3. The van der Waals surface area contributed by atoms with Gasteiger partial charge in [-0.05, 0) is 34.0 Å². The van der Waals surface area contributed by atoms with Crippen LogP contribution in [0.4, 0.5) is 0 Å². The Balaban J connectivity index is -0.00000133. The van der Waals surface area contributed by atoms with E-state index in [1.54, 1.807) is 0 Å². The number of carbonyl (C=O) groups is 7. The predicted molar refractivity (Wildman–Crippen MR) is 139 cm³/mol. The number of unbranched alkanes of at least 4 members (excludes halogenated alkanes) is 1. The van der Waals surface area contributed by atoms with E-state index >= 15 is 0 Å². The van der Waals surface area contributed by atoms with Gasteiger partial charge in [0, 0.05) is 13.0 Å². The molecule has 0 spiro atoms. The quantitative estimate of drug-likeness (QED) is 0.0619. The van der Waals surface area contributed by atoms with Gasteiger partial charge in [-0.3, -0.25) is 28.8 Å². The summed E-state index contributed by atoms with van der Waals surface area (Å²) in [5.74, 6) is -3.80.